The summed E-state index contributed by atoms with van der Waals surface area (Å²) in [5, 5.41) is 2.73. The number of aromatic nitrogens is 1. The molecule has 0 fully saturated rings. The lowest BCUT2D eigenvalue weighted by Gasteiger charge is -2.10. The molecule has 1 heterocycles. The van der Waals surface area contributed by atoms with Gasteiger partial charge in [0, 0.05) is 25.9 Å². The highest BCUT2D eigenvalue weighted by Gasteiger charge is 2.06. The first kappa shape index (κ1) is 15.6. The van der Waals surface area contributed by atoms with E-state index in [0.29, 0.717) is 18.0 Å². The van der Waals surface area contributed by atoms with E-state index in [-0.39, 0.29) is 18.1 Å². The highest BCUT2D eigenvalue weighted by atomic mass is 16.5. The molecular formula is C16H18N2O4. The number of benzene rings is 1. The second-order valence-corrected chi connectivity index (χ2v) is 4.70. The number of hydrogen-bond donors (Lipinski definition) is 1. The van der Waals surface area contributed by atoms with Crippen molar-refractivity contribution < 1.29 is 14.3 Å². The molecule has 2 aromatic rings. The number of hydrogen-bond acceptors (Lipinski definition) is 4. The number of carbonyl (C=O) groups is 1. The van der Waals surface area contributed by atoms with Crippen LogP contribution in [0.5, 0.6) is 11.5 Å². The molecule has 2 rings (SSSR count). The summed E-state index contributed by atoms with van der Waals surface area (Å²) in [6, 6.07) is 10.3. The average molecular weight is 302 g/mol. The van der Waals surface area contributed by atoms with Gasteiger partial charge in [-0.25, -0.2) is 0 Å². The van der Waals surface area contributed by atoms with Crippen molar-refractivity contribution in [1.82, 2.24) is 9.88 Å². The lowest BCUT2D eigenvalue weighted by atomic mass is 10.3. The minimum absolute atomic E-state index is 0.0883. The quantitative estimate of drug-likeness (QED) is 0.867. The molecule has 1 amide bonds. The molecule has 1 aromatic carbocycles. The van der Waals surface area contributed by atoms with Crippen LogP contribution in [0.2, 0.25) is 0 Å². The number of pyridine rings is 1. The minimum atomic E-state index is -0.250. The van der Waals surface area contributed by atoms with Crippen LogP contribution < -0.4 is 20.3 Å². The fourth-order valence-corrected chi connectivity index (χ4v) is 1.89. The van der Waals surface area contributed by atoms with E-state index in [0.717, 1.165) is 5.56 Å². The zero-order chi connectivity index (χ0) is 15.9. The Kier molecular flexibility index (Phi) is 5.19. The van der Waals surface area contributed by atoms with Crippen molar-refractivity contribution in [2.24, 2.45) is 7.05 Å². The summed E-state index contributed by atoms with van der Waals surface area (Å²) in [7, 11) is 3.21. The molecule has 0 atom stereocenters. The van der Waals surface area contributed by atoms with Crippen molar-refractivity contribution in [2.45, 2.75) is 6.54 Å². The first-order chi connectivity index (χ1) is 10.6. The van der Waals surface area contributed by atoms with Crippen molar-refractivity contribution in [3.05, 3.63) is 58.5 Å². The highest BCUT2D eigenvalue weighted by Crippen LogP contribution is 2.25. The second kappa shape index (κ2) is 7.31. The largest absolute Gasteiger partial charge is 0.493 e. The minimum Gasteiger partial charge on any atom is -0.493 e. The van der Waals surface area contributed by atoms with Gasteiger partial charge in [0.25, 0.3) is 5.91 Å². The van der Waals surface area contributed by atoms with Crippen LogP contribution in [0.1, 0.15) is 5.56 Å². The van der Waals surface area contributed by atoms with E-state index in [1.165, 1.54) is 10.6 Å². The summed E-state index contributed by atoms with van der Waals surface area (Å²) >= 11 is 0. The number of nitrogens with zero attached hydrogens (tertiary/aromatic N) is 1. The van der Waals surface area contributed by atoms with Gasteiger partial charge in [0.15, 0.2) is 18.1 Å². The number of para-hydroxylation sites is 2. The van der Waals surface area contributed by atoms with Crippen LogP contribution in [0.3, 0.4) is 0 Å². The fraction of sp³-hybridized carbons (Fsp3) is 0.250. The molecule has 1 N–H and O–H groups in total. The van der Waals surface area contributed by atoms with Crippen molar-refractivity contribution in [2.75, 3.05) is 13.7 Å². The normalized spacial score (nSPS) is 10.1. The molecule has 0 radical (unpaired) electrons. The van der Waals surface area contributed by atoms with Gasteiger partial charge in [-0.1, -0.05) is 18.2 Å². The SMILES string of the molecule is COc1ccccc1OCC(=O)NCc1ccc(=O)n(C)c1. The molecule has 0 aliphatic carbocycles. The molecular weight excluding hydrogens is 284 g/mol. The van der Waals surface area contributed by atoms with Gasteiger partial charge in [-0.3, -0.25) is 9.59 Å². The summed E-state index contributed by atoms with van der Waals surface area (Å²) in [4.78, 5) is 23.1. The van der Waals surface area contributed by atoms with Gasteiger partial charge in [0.05, 0.1) is 7.11 Å². The number of amides is 1. The molecule has 0 spiro atoms. The van der Waals surface area contributed by atoms with Gasteiger partial charge >= 0.3 is 0 Å². The number of methoxy groups -OCH3 is 1. The standard InChI is InChI=1S/C16H18N2O4/c1-18-10-12(7-8-16(18)20)9-17-15(19)11-22-14-6-4-3-5-13(14)21-2/h3-8,10H,9,11H2,1-2H3,(H,17,19). The van der Waals surface area contributed by atoms with E-state index in [9.17, 15) is 9.59 Å². The van der Waals surface area contributed by atoms with E-state index >= 15 is 0 Å². The lowest BCUT2D eigenvalue weighted by molar-refractivity contribution is -0.123. The van der Waals surface area contributed by atoms with E-state index in [4.69, 9.17) is 9.47 Å². The van der Waals surface area contributed by atoms with Gasteiger partial charge < -0.3 is 19.4 Å². The zero-order valence-corrected chi connectivity index (χ0v) is 12.5. The van der Waals surface area contributed by atoms with Gasteiger partial charge in [-0.2, -0.15) is 0 Å². The third-order valence-corrected chi connectivity index (χ3v) is 3.06. The van der Waals surface area contributed by atoms with Gasteiger partial charge in [0.2, 0.25) is 5.56 Å². The first-order valence-corrected chi connectivity index (χ1v) is 6.78. The summed E-state index contributed by atoms with van der Waals surface area (Å²) in [6.07, 6.45) is 1.68. The van der Waals surface area contributed by atoms with Crippen molar-refractivity contribution in [3.8, 4) is 11.5 Å². The van der Waals surface area contributed by atoms with E-state index in [2.05, 4.69) is 5.32 Å². The molecule has 0 aliphatic heterocycles. The van der Waals surface area contributed by atoms with Crippen LogP contribution in [0.25, 0.3) is 0 Å². The van der Waals surface area contributed by atoms with Crippen molar-refractivity contribution in [1.29, 1.82) is 0 Å². The third-order valence-electron chi connectivity index (χ3n) is 3.06. The first-order valence-electron chi connectivity index (χ1n) is 6.78. The number of nitrogens with one attached hydrogen (secondary N) is 1. The molecule has 1 aromatic heterocycles. The van der Waals surface area contributed by atoms with Crippen LogP contribution >= 0.6 is 0 Å². The number of rotatable bonds is 6. The Hall–Kier alpha value is -2.76. The van der Waals surface area contributed by atoms with Crippen LogP contribution in [0.4, 0.5) is 0 Å². The van der Waals surface area contributed by atoms with Crippen LogP contribution in [0, 0.1) is 0 Å². The smallest absolute Gasteiger partial charge is 0.258 e. The second-order valence-electron chi connectivity index (χ2n) is 4.70. The van der Waals surface area contributed by atoms with Crippen molar-refractivity contribution in [3.63, 3.8) is 0 Å². The van der Waals surface area contributed by atoms with Gasteiger partial charge in [-0.05, 0) is 17.7 Å². The molecule has 0 saturated heterocycles. The van der Waals surface area contributed by atoms with Gasteiger partial charge in [0.1, 0.15) is 0 Å². The fourth-order valence-electron chi connectivity index (χ4n) is 1.89. The maximum Gasteiger partial charge on any atom is 0.258 e. The summed E-state index contributed by atoms with van der Waals surface area (Å²) in [6.45, 7) is 0.231. The molecule has 0 bridgehead atoms. The average Bonchev–Trinajstić information content (AvgIpc) is 2.54. The summed E-state index contributed by atoms with van der Waals surface area (Å²) in [5.74, 6) is 0.843. The Balaban J connectivity index is 1.85. The van der Waals surface area contributed by atoms with E-state index in [1.54, 1.807) is 44.6 Å². The third kappa shape index (κ3) is 4.12. The predicted octanol–water partition coefficient (Wildman–Crippen LogP) is 1.09. The van der Waals surface area contributed by atoms with Crippen LogP contribution in [-0.2, 0) is 18.4 Å². The van der Waals surface area contributed by atoms with Crippen LogP contribution in [-0.4, -0.2) is 24.2 Å². The highest BCUT2D eigenvalue weighted by molar-refractivity contribution is 5.77. The Morgan fingerprint density at radius 2 is 1.91 bits per heavy atom. The molecule has 0 aliphatic rings. The Bertz CT molecular complexity index is 709. The molecule has 22 heavy (non-hydrogen) atoms. The monoisotopic (exact) mass is 302 g/mol. The Labute approximate surface area is 128 Å². The predicted molar refractivity (Wildman–Crippen MR) is 82.0 cm³/mol. The van der Waals surface area contributed by atoms with Crippen LogP contribution in [0.15, 0.2) is 47.4 Å². The van der Waals surface area contributed by atoms with Crippen molar-refractivity contribution >= 4 is 5.91 Å². The topological polar surface area (TPSA) is 69.6 Å². The summed E-state index contributed by atoms with van der Waals surface area (Å²) < 4.78 is 12.0. The molecule has 6 heteroatoms. The number of ether oxygens (including phenoxy) is 2. The zero-order valence-electron chi connectivity index (χ0n) is 12.5. The lowest BCUT2D eigenvalue weighted by Crippen LogP contribution is -2.29. The van der Waals surface area contributed by atoms with Gasteiger partial charge in [-0.15, -0.1) is 0 Å². The summed E-state index contributed by atoms with van der Waals surface area (Å²) in [5.41, 5.74) is 0.752. The molecule has 0 unspecified atom stereocenters. The molecule has 116 valence electrons. The Morgan fingerprint density at radius 1 is 1.18 bits per heavy atom. The molecule has 0 saturated carbocycles. The van der Waals surface area contributed by atoms with E-state index in [1.807, 2.05) is 6.07 Å². The van der Waals surface area contributed by atoms with E-state index < -0.39 is 0 Å². The maximum atomic E-state index is 11.8. The number of carbonyl (C=O) groups excluding carboxylic acids is 1. The Morgan fingerprint density at radius 3 is 2.59 bits per heavy atom. The number of aryl methyl sites for hydroxylation is 1. The molecule has 6 nitrogen and oxygen atoms in total. The maximum absolute atomic E-state index is 11.8.